The Bertz CT molecular complexity index is 1410. The summed E-state index contributed by atoms with van der Waals surface area (Å²) >= 11 is 0. The number of hydrogen-bond acceptors (Lipinski definition) is 6. The number of terminal acetylenes is 1. The molecule has 0 aliphatic rings. The monoisotopic (exact) mass is 476 g/mol. The summed E-state index contributed by atoms with van der Waals surface area (Å²) < 4.78 is 53.1. The first-order valence-corrected chi connectivity index (χ1v) is 10.4. The highest BCUT2D eigenvalue weighted by Gasteiger charge is 2.36. The lowest BCUT2D eigenvalue weighted by Gasteiger charge is -2.17. The Balaban J connectivity index is 1.88. The van der Waals surface area contributed by atoms with Gasteiger partial charge in [0.05, 0.1) is 23.9 Å². The Morgan fingerprint density at radius 2 is 1.63 bits per heavy atom. The number of benzene rings is 2. The third-order valence-corrected chi connectivity index (χ3v) is 5.00. The Labute approximate surface area is 199 Å². The maximum Gasteiger partial charge on any atom is 0.417 e. The molecule has 4 aromatic rings. The van der Waals surface area contributed by atoms with Gasteiger partial charge in [0, 0.05) is 16.8 Å². The van der Waals surface area contributed by atoms with Crippen molar-refractivity contribution in [1.82, 2.24) is 19.9 Å². The highest BCUT2D eigenvalue weighted by molar-refractivity contribution is 5.72. The van der Waals surface area contributed by atoms with E-state index in [0.717, 1.165) is 11.8 Å². The average Bonchev–Trinajstić information content (AvgIpc) is 2.86. The summed E-state index contributed by atoms with van der Waals surface area (Å²) in [5.41, 5.74) is 0.940. The van der Waals surface area contributed by atoms with E-state index >= 15 is 0 Å². The van der Waals surface area contributed by atoms with Crippen molar-refractivity contribution in [2.24, 2.45) is 0 Å². The second-order valence-electron chi connectivity index (χ2n) is 7.39. The van der Waals surface area contributed by atoms with Crippen molar-refractivity contribution in [3.63, 3.8) is 0 Å². The topological polar surface area (TPSA) is 70.0 Å². The summed E-state index contributed by atoms with van der Waals surface area (Å²) in [5, 5.41) is 0. The number of rotatable bonds is 6. The van der Waals surface area contributed by atoms with Crippen LogP contribution in [-0.4, -0.2) is 27.0 Å². The van der Waals surface area contributed by atoms with Gasteiger partial charge in [-0.3, -0.25) is 4.98 Å². The second-order valence-corrected chi connectivity index (χ2v) is 7.39. The van der Waals surface area contributed by atoms with E-state index in [2.05, 4.69) is 25.9 Å². The number of ether oxygens (including phenoxy) is 2. The molecule has 35 heavy (non-hydrogen) atoms. The molecule has 0 aliphatic carbocycles. The molecule has 2 heterocycles. The summed E-state index contributed by atoms with van der Waals surface area (Å²) in [4.78, 5) is 17.0. The molecule has 176 valence electrons. The van der Waals surface area contributed by atoms with E-state index < -0.39 is 11.7 Å². The number of aryl methyl sites for hydroxylation is 1. The molecule has 0 radical (unpaired) electrons. The van der Waals surface area contributed by atoms with Gasteiger partial charge in [-0.25, -0.2) is 4.98 Å². The highest BCUT2D eigenvalue weighted by Crippen LogP contribution is 2.42. The normalized spacial score (nSPS) is 11.1. The summed E-state index contributed by atoms with van der Waals surface area (Å²) in [6.07, 6.45) is 0.890. The SMILES string of the molecule is C#Cc1ccccc1-c1nc(OC)nc(-c2c(OCc3cccc(C)n3)cccc2C(F)(F)F)n1. The number of nitrogens with zero attached hydrogens (tertiary/aromatic N) is 4. The van der Waals surface area contributed by atoms with Gasteiger partial charge < -0.3 is 9.47 Å². The maximum absolute atomic E-state index is 14.1. The van der Waals surface area contributed by atoms with Crippen LogP contribution in [0.2, 0.25) is 0 Å². The molecule has 0 N–H and O–H groups in total. The predicted molar refractivity (Wildman–Crippen MR) is 123 cm³/mol. The van der Waals surface area contributed by atoms with Crippen LogP contribution in [0.25, 0.3) is 22.8 Å². The van der Waals surface area contributed by atoms with Gasteiger partial charge >= 0.3 is 12.2 Å². The number of halogens is 3. The molecular formula is C26H19F3N4O2. The van der Waals surface area contributed by atoms with Gasteiger partial charge in [0.1, 0.15) is 12.4 Å². The van der Waals surface area contributed by atoms with Crippen LogP contribution in [0.5, 0.6) is 11.8 Å². The maximum atomic E-state index is 14.1. The number of methoxy groups -OCH3 is 1. The molecule has 0 unspecified atom stereocenters. The first-order chi connectivity index (χ1) is 16.8. The van der Waals surface area contributed by atoms with Crippen molar-refractivity contribution in [3.05, 3.63) is 83.2 Å². The minimum Gasteiger partial charge on any atom is -0.487 e. The summed E-state index contributed by atoms with van der Waals surface area (Å²) in [6, 6.07) is 15.6. The smallest absolute Gasteiger partial charge is 0.417 e. The Morgan fingerprint density at radius 1 is 0.886 bits per heavy atom. The molecule has 0 saturated heterocycles. The fraction of sp³-hybridized carbons (Fsp3) is 0.154. The Morgan fingerprint density at radius 3 is 2.34 bits per heavy atom. The van der Waals surface area contributed by atoms with E-state index in [0.29, 0.717) is 16.8 Å². The lowest BCUT2D eigenvalue weighted by molar-refractivity contribution is -0.137. The molecule has 0 fully saturated rings. The van der Waals surface area contributed by atoms with Gasteiger partial charge in [0.2, 0.25) is 0 Å². The largest absolute Gasteiger partial charge is 0.487 e. The lowest BCUT2D eigenvalue weighted by Crippen LogP contribution is -2.11. The summed E-state index contributed by atoms with van der Waals surface area (Å²) in [6.45, 7) is 1.76. The number of alkyl halides is 3. The zero-order chi connectivity index (χ0) is 25.0. The molecule has 0 bridgehead atoms. The van der Waals surface area contributed by atoms with E-state index in [9.17, 15) is 13.2 Å². The van der Waals surface area contributed by atoms with E-state index in [1.807, 2.05) is 13.0 Å². The van der Waals surface area contributed by atoms with Gasteiger partial charge in [-0.15, -0.1) is 6.42 Å². The fourth-order valence-electron chi connectivity index (χ4n) is 3.43. The van der Waals surface area contributed by atoms with Crippen molar-refractivity contribution in [2.45, 2.75) is 19.7 Å². The third-order valence-electron chi connectivity index (χ3n) is 5.00. The molecule has 0 aliphatic heterocycles. The van der Waals surface area contributed by atoms with E-state index in [1.54, 1.807) is 36.4 Å². The first-order valence-electron chi connectivity index (χ1n) is 10.4. The number of aromatic nitrogens is 4. The Hall–Kier alpha value is -4.45. The highest BCUT2D eigenvalue weighted by atomic mass is 19.4. The molecule has 9 heteroatoms. The Kier molecular flexibility index (Phi) is 6.64. The fourth-order valence-corrected chi connectivity index (χ4v) is 3.43. The van der Waals surface area contributed by atoms with Crippen molar-refractivity contribution in [3.8, 4) is 46.9 Å². The molecule has 0 saturated carbocycles. The van der Waals surface area contributed by atoms with E-state index in [4.69, 9.17) is 15.9 Å². The molecule has 2 aromatic carbocycles. The molecule has 0 amide bonds. The number of hydrogen-bond donors (Lipinski definition) is 0. The van der Waals surface area contributed by atoms with Crippen LogP contribution in [-0.2, 0) is 12.8 Å². The third kappa shape index (κ3) is 5.22. The van der Waals surface area contributed by atoms with Crippen LogP contribution < -0.4 is 9.47 Å². The quantitative estimate of drug-likeness (QED) is 0.343. The van der Waals surface area contributed by atoms with Gasteiger partial charge in [-0.05, 0) is 43.3 Å². The molecule has 0 spiro atoms. The van der Waals surface area contributed by atoms with Crippen LogP contribution in [0, 0.1) is 19.3 Å². The van der Waals surface area contributed by atoms with E-state index in [-0.39, 0.29) is 35.6 Å². The van der Waals surface area contributed by atoms with Crippen molar-refractivity contribution in [1.29, 1.82) is 0 Å². The zero-order valence-electron chi connectivity index (χ0n) is 18.8. The van der Waals surface area contributed by atoms with Crippen LogP contribution in [0.3, 0.4) is 0 Å². The molecule has 4 rings (SSSR count). The molecule has 6 nitrogen and oxygen atoms in total. The minimum atomic E-state index is -4.70. The van der Waals surface area contributed by atoms with Crippen LogP contribution >= 0.6 is 0 Å². The van der Waals surface area contributed by atoms with Crippen molar-refractivity contribution in [2.75, 3.05) is 7.11 Å². The van der Waals surface area contributed by atoms with Crippen molar-refractivity contribution >= 4 is 0 Å². The van der Waals surface area contributed by atoms with Gasteiger partial charge in [-0.2, -0.15) is 23.1 Å². The zero-order valence-corrected chi connectivity index (χ0v) is 18.8. The van der Waals surface area contributed by atoms with Gasteiger partial charge in [-0.1, -0.05) is 30.2 Å². The number of pyridine rings is 1. The average molecular weight is 476 g/mol. The summed E-state index contributed by atoms with van der Waals surface area (Å²) in [7, 11) is 1.31. The van der Waals surface area contributed by atoms with Crippen LogP contribution in [0.4, 0.5) is 13.2 Å². The van der Waals surface area contributed by atoms with Crippen LogP contribution in [0.1, 0.15) is 22.5 Å². The first kappa shape index (κ1) is 23.7. The molecule has 0 atom stereocenters. The van der Waals surface area contributed by atoms with Crippen LogP contribution in [0.15, 0.2) is 60.7 Å². The summed E-state index contributed by atoms with van der Waals surface area (Å²) in [5.74, 6) is 2.27. The molecule has 2 aromatic heterocycles. The lowest BCUT2D eigenvalue weighted by atomic mass is 10.0. The van der Waals surface area contributed by atoms with E-state index in [1.165, 1.54) is 19.2 Å². The standard InChI is InChI=1S/C26H19F3N4O2/c1-4-17-10-5-6-12-19(17)23-31-24(33-25(32-23)34-3)22-20(26(27,28)29)13-8-14-21(22)35-15-18-11-7-9-16(2)30-18/h1,5-14H,15H2,2-3H3. The van der Waals surface area contributed by atoms with Gasteiger partial charge in [0.15, 0.2) is 11.6 Å². The minimum absolute atomic E-state index is 0.0506. The molecular weight excluding hydrogens is 457 g/mol. The predicted octanol–water partition coefficient (Wildman–Crippen LogP) is 5.50. The van der Waals surface area contributed by atoms with Crippen molar-refractivity contribution < 1.29 is 22.6 Å². The van der Waals surface area contributed by atoms with Gasteiger partial charge in [0.25, 0.3) is 0 Å². The second kappa shape index (κ2) is 9.81.